The first-order valence-electron chi connectivity index (χ1n) is 6.47. The van der Waals surface area contributed by atoms with Gasteiger partial charge in [-0.15, -0.1) is 5.73 Å². The Labute approximate surface area is 122 Å². The van der Waals surface area contributed by atoms with Crippen molar-refractivity contribution in [2.75, 3.05) is 6.54 Å². The van der Waals surface area contributed by atoms with Crippen molar-refractivity contribution in [3.8, 4) is 0 Å². The van der Waals surface area contributed by atoms with Gasteiger partial charge in [-0.2, -0.15) is 0 Å². The van der Waals surface area contributed by atoms with Gasteiger partial charge in [-0.05, 0) is 45.4 Å². The molecule has 1 rings (SSSR count). The smallest absolute Gasteiger partial charge is 0.262 e. The molecule has 1 aromatic carbocycles. The van der Waals surface area contributed by atoms with Crippen molar-refractivity contribution in [2.24, 2.45) is 0 Å². The lowest BCUT2D eigenvalue weighted by atomic mass is 10.2. The first kappa shape index (κ1) is 16.3. The van der Waals surface area contributed by atoms with Crippen molar-refractivity contribution < 1.29 is 8.42 Å². The van der Waals surface area contributed by atoms with Crippen LogP contribution in [0.3, 0.4) is 0 Å². The monoisotopic (exact) mass is 291 g/mol. The van der Waals surface area contributed by atoms with E-state index >= 15 is 0 Å². The predicted octanol–water partition coefficient (Wildman–Crippen LogP) is 3.64. The minimum Gasteiger partial charge on any atom is -0.262 e. The van der Waals surface area contributed by atoms with Gasteiger partial charge in [0.05, 0.1) is 17.6 Å². The van der Waals surface area contributed by atoms with Crippen LogP contribution < -0.4 is 0 Å². The lowest BCUT2D eigenvalue weighted by Gasteiger charge is -2.18. The highest BCUT2D eigenvalue weighted by atomic mass is 32.2. The summed E-state index contributed by atoms with van der Waals surface area (Å²) in [6.45, 7) is 7.84. The molecule has 0 radical (unpaired) electrons. The van der Waals surface area contributed by atoms with Gasteiger partial charge in [0.2, 0.25) is 0 Å². The molecule has 3 nitrogen and oxygen atoms in total. The highest BCUT2D eigenvalue weighted by Crippen LogP contribution is 2.16. The van der Waals surface area contributed by atoms with Gasteiger partial charge in [-0.1, -0.05) is 29.8 Å². The van der Waals surface area contributed by atoms with Gasteiger partial charge in [-0.25, -0.2) is 8.42 Å². The minimum atomic E-state index is -3.54. The van der Waals surface area contributed by atoms with Gasteiger partial charge in [0.25, 0.3) is 10.0 Å². The van der Waals surface area contributed by atoms with Crippen LogP contribution in [0.4, 0.5) is 0 Å². The van der Waals surface area contributed by atoms with E-state index in [9.17, 15) is 8.42 Å². The summed E-state index contributed by atoms with van der Waals surface area (Å²) in [5.41, 5.74) is 4.90. The third kappa shape index (κ3) is 4.41. The van der Waals surface area contributed by atoms with Crippen molar-refractivity contribution >= 4 is 10.0 Å². The zero-order valence-corrected chi connectivity index (χ0v) is 13.2. The molecule has 0 N–H and O–H groups in total. The zero-order valence-electron chi connectivity index (χ0n) is 12.4. The Kier molecular flexibility index (Phi) is 5.81. The summed E-state index contributed by atoms with van der Waals surface area (Å²) in [5.74, 6) is 0. The van der Waals surface area contributed by atoms with E-state index in [0.29, 0.717) is 11.4 Å². The number of benzene rings is 1. The standard InChI is InChI=1S/C16H21NO2S/c1-5-6-12-17(13-11-14(2)3)20(18,19)16-9-7-15(4)8-10-16/h5-10,13H,12H2,1-4H3/b6-5+. The summed E-state index contributed by atoms with van der Waals surface area (Å²) >= 11 is 0. The molecule has 0 aromatic heterocycles. The van der Waals surface area contributed by atoms with Crippen LogP contribution >= 0.6 is 0 Å². The molecule has 0 aliphatic rings. The molecule has 1 aromatic rings. The zero-order chi connectivity index (χ0) is 15.2. The van der Waals surface area contributed by atoms with Gasteiger partial charge >= 0.3 is 0 Å². The molecule has 0 unspecified atom stereocenters. The first-order chi connectivity index (χ1) is 9.37. The Morgan fingerprint density at radius 1 is 1.25 bits per heavy atom. The van der Waals surface area contributed by atoms with Crippen LogP contribution in [0.1, 0.15) is 26.3 Å². The van der Waals surface area contributed by atoms with Gasteiger partial charge in [0.15, 0.2) is 0 Å². The van der Waals surface area contributed by atoms with E-state index in [-0.39, 0.29) is 0 Å². The number of rotatable bonds is 5. The highest BCUT2D eigenvalue weighted by molar-refractivity contribution is 7.89. The number of hydrogen-bond donors (Lipinski definition) is 0. The van der Waals surface area contributed by atoms with Crippen LogP contribution in [0.15, 0.2) is 58.8 Å². The Morgan fingerprint density at radius 3 is 2.35 bits per heavy atom. The maximum atomic E-state index is 12.6. The van der Waals surface area contributed by atoms with Crippen molar-refractivity contribution in [1.82, 2.24) is 4.31 Å². The number of aryl methyl sites for hydroxylation is 1. The van der Waals surface area contributed by atoms with E-state index in [1.54, 1.807) is 30.3 Å². The second kappa shape index (κ2) is 7.13. The third-order valence-electron chi connectivity index (χ3n) is 2.65. The maximum absolute atomic E-state index is 12.6. The molecule has 0 saturated heterocycles. The summed E-state index contributed by atoms with van der Waals surface area (Å²) in [7, 11) is -3.54. The Bertz CT molecular complexity index is 630. The molecule has 0 aliphatic carbocycles. The van der Waals surface area contributed by atoms with Crippen molar-refractivity contribution in [3.63, 3.8) is 0 Å². The van der Waals surface area contributed by atoms with E-state index in [1.165, 1.54) is 10.5 Å². The molecule has 108 valence electrons. The Morgan fingerprint density at radius 2 is 1.85 bits per heavy atom. The molecule has 0 fully saturated rings. The van der Waals surface area contributed by atoms with Crippen LogP contribution in [0.5, 0.6) is 0 Å². The summed E-state index contributed by atoms with van der Waals surface area (Å²) in [6.07, 6.45) is 5.12. The summed E-state index contributed by atoms with van der Waals surface area (Å²) < 4.78 is 26.4. The lowest BCUT2D eigenvalue weighted by molar-refractivity contribution is 0.522. The van der Waals surface area contributed by atoms with Crippen LogP contribution in [-0.4, -0.2) is 19.3 Å². The van der Waals surface area contributed by atoms with Crippen molar-refractivity contribution in [1.29, 1.82) is 0 Å². The SMILES string of the molecule is C/C=C/CN(C=C=C(C)C)S(=O)(=O)c1ccc(C)cc1. The average molecular weight is 291 g/mol. The molecular weight excluding hydrogens is 270 g/mol. The third-order valence-corrected chi connectivity index (χ3v) is 4.39. The number of nitrogens with zero attached hydrogens (tertiary/aromatic N) is 1. The summed E-state index contributed by atoms with van der Waals surface area (Å²) in [5, 5.41) is 0. The second-order valence-corrected chi connectivity index (χ2v) is 6.62. The Hall–Kier alpha value is -1.77. The topological polar surface area (TPSA) is 37.4 Å². The number of hydrogen-bond acceptors (Lipinski definition) is 2. The van der Waals surface area contributed by atoms with Gasteiger partial charge < -0.3 is 0 Å². The maximum Gasteiger partial charge on any atom is 0.264 e. The van der Waals surface area contributed by atoms with E-state index in [2.05, 4.69) is 5.73 Å². The fraction of sp³-hybridized carbons (Fsp3) is 0.312. The molecule has 4 heteroatoms. The molecular formula is C16H21NO2S. The molecule has 0 heterocycles. The molecule has 20 heavy (non-hydrogen) atoms. The number of sulfonamides is 1. The Balaban J connectivity index is 3.23. The van der Waals surface area contributed by atoms with E-state index < -0.39 is 10.0 Å². The highest BCUT2D eigenvalue weighted by Gasteiger charge is 2.20. The normalized spacial score (nSPS) is 11.2. The van der Waals surface area contributed by atoms with E-state index in [0.717, 1.165) is 11.1 Å². The molecule has 0 saturated carbocycles. The van der Waals surface area contributed by atoms with Crippen molar-refractivity contribution in [2.45, 2.75) is 32.6 Å². The summed E-state index contributed by atoms with van der Waals surface area (Å²) in [4.78, 5) is 0.291. The largest absolute Gasteiger partial charge is 0.264 e. The van der Waals surface area contributed by atoms with Crippen molar-refractivity contribution in [3.05, 3.63) is 59.5 Å². The van der Waals surface area contributed by atoms with Gasteiger partial charge in [0.1, 0.15) is 0 Å². The van der Waals surface area contributed by atoms with Crippen LogP contribution in [0.2, 0.25) is 0 Å². The van der Waals surface area contributed by atoms with Gasteiger partial charge in [-0.3, -0.25) is 4.31 Å². The van der Waals surface area contributed by atoms with E-state index in [4.69, 9.17) is 0 Å². The molecule has 0 bridgehead atoms. The van der Waals surface area contributed by atoms with Crippen LogP contribution in [0, 0.1) is 6.92 Å². The lowest BCUT2D eigenvalue weighted by Crippen LogP contribution is -2.26. The average Bonchev–Trinajstić information content (AvgIpc) is 2.38. The molecule has 0 aliphatic heterocycles. The quantitative estimate of drug-likeness (QED) is 0.613. The molecule has 0 spiro atoms. The fourth-order valence-corrected chi connectivity index (χ4v) is 2.70. The van der Waals surface area contributed by atoms with E-state index in [1.807, 2.05) is 33.8 Å². The molecule has 0 atom stereocenters. The number of allylic oxidation sites excluding steroid dienone is 2. The summed E-state index contributed by atoms with van der Waals surface area (Å²) in [6, 6.07) is 6.85. The fourth-order valence-electron chi connectivity index (χ4n) is 1.48. The molecule has 0 amide bonds. The first-order valence-corrected chi connectivity index (χ1v) is 7.91. The van der Waals surface area contributed by atoms with Gasteiger partial charge in [0, 0.05) is 0 Å². The van der Waals surface area contributed by atoms with Crippen LogP contribution in [0.25, 0.3) is 0 Å². The minimum absolute atomic E-state index is 0.291. The predicted molar refractivity (Wildman–Crippen MR) is 82.8 cm³/mol. The second-order valence-electron chi connectivity index (χ2n) is 4.73. The van der Waals surface area contributed by atoms with Crippen LogP contribution in [-0.2, 0) is 10.0 Å².